The summed E-state index contributed by atoms with van der Waals surface area (Å²) in [5, 5.41) is 4.70. The average molecular weight is 256 g/mol. The second-order valence-electron chi connectivity index (χ2n) is 5.30. The van der Waals surface area contributed by atoms with Gasteiger partial charge in [-0.15, -0.1) is 0 Å². The highest BCUT2D eigenvalue weighted by Gasteiger charge is 2.16. The van der Waals surface area contributed by atoms with E-state index < -0.39 is 0 Å². The molecule has 0 aromatic carbocycles. The summed E-state index contributed by atoms with van der Waals surface area (Å²) in [6.45, 7) is 0. The van der Waals surface area contributed by atoms with Gasteiger partial charge < -0.3 is 5.73 Å². The molecule has 0 aliphatic heterocycles. The molecule has 2 N–H and O–H groups in total. The monoisotopic (exact) mass is 256 g/mol. The van der Waals surface area contributed by atoms with Gasteiger partial charge in [0.05, 0.1) is 11.7 Å². The van der Waals surface area contributed by atoms with Crippen LogP contribution in [0.15, 0.2) is 30.6 Å². The smallest absolute Gasteiger partial charge is 0.126 e. The molecule has 0 spiro atoms. The molecule has 1 aliphatic carbocycles. The standard InChI is InChI=1S/C15H20N4/c16-15-12(5-4-9-17-15)11-13-8-10-19(18-13)14-6-2-1-3-7-14/h4-5,8-10,14H,1-3,6-7,11H2,(H2,16,17). The highest BCUT2D eigenvalue weighted by molar-refractivity contribution is 5.40. The zero-order chi connectivity index (χ0) is 13.1. The van der Waals surface area contributed by atoms with E-state index in [1.165, 1.54) is 32.1 Å². The van der Waals surface area contributed by atoms with Gasteiger partial charge in [0, 0.05) is 24.4 Å². The predicted octanol–water partition coefficient (Wildman–Crippen LogP) is 2.96. The number of nitrogen functional groups attached to an aromatic ring is 1. The first-order valence-corrected chi connectivity index (χ1v) is 7.06. The van der Waals surface area contributed by atoms with E-state index in [-0.39, 0.29) is 0 Å². The minimum Gasteiger partial charge on any atom is -0.383 e. The van der Waals surface area contributed by atoms with E-state index in [1.54, 1.807) is 6.20 Å². The molecule has 0 saturated heterocycles. The Morgan fingerprint density at radius 3 is 2.84 bits per heavy atom. The van der Waals surface area contributed by atoms with E-state index in [9.17, 15) is 0 Å². The zero-order valence-corrected chi connectivity index (χ0v) is 11.1. The van der Waals surface area contributed by atoms with Crippen LogP contribution in [-0.2, 0) is 6.42 Å². The molecule has 0 unspecified atom stereocenters. The molecular weight excluding hydrogens is 236 g/mol. The lowest BCUT2D eigenvalue weighted by atomic mass is 9.96. The van der Waals surface area contributed by atoms with Crippen LogP contribution in [0, 0.1) is 0 Å². The van der Waals surface area contributed by atoms with Crippen LogP contribution in [0.25, 0.3) is 0 Å². The van der Waals surface area contributed by atoms with Gasteiger partial charge in [0.1, 0.15) is 5.82 Å². The minimum atomic E-state index is 0.591. The number of hydrogen-bond acceptors (Lipinski definition) is 3. The minimum absolute atomic E-state index is 0.591. The van der Waals surface area contributed by atoms with Crippen LogP contribution in [0.4, 0.5) is 5.82 Å². The third-order valence-corrected chi connectivity index (χ3v) is 3.91. The summed E-state index contributed by atoms with van der Waals surface area (Å²) in [5.41, 5.74) is 8.00. The van der Waals surface area contributed by atoms with Crippen molar-refractivity contribution < 1.29 is 0 Å². The van der Waals surface area contributed by atoms with Gasteiger partial charge in [-0.2, -0.15) is 5.10 Å². The van der Waals surface area contributed by atoms with Crippen molar-refractivity contribution in [2.75, 3.05) is 5.73 Å². The molecule has 2 aromatic heterocycles. The summed E-state index contributed by atoms with van der Waals surface area (Å²) in [6.07, 6.45) is 11.1. The van der Waals surface area contributed by atoms with Gasteiger partial charge in [-0.3, -0.25) is 4.68 Å². The average Bonchev–Trinajstić information content (AvgIpc) is 2.91. The van der Waals surface area contributed by atoms with Crippen LogP contribution in [0.2, 0.25) is 0 Å². The Hall–Kier alpha value is -1.84. The molecule has 1 saturated carbocycles. The summed E-state index contributed by atoms with van der Waals surface area (Å²) < 4.78 is 2.14. The summed E-state index contributed by atoms with van der Waals surface area (Å²) in [7, 11) is 0. The quantitative estimate of drug-likeness (QED) is 0.918. The maximum atomic E-state index is 5.87. The van der Waals surface area contributed by atoms with Crippen molar-refractivity contribution in [1.29, 1.82) is 0 Å². The Bertz CT molecular complexity index is 541. The maximum Gasteiger partial charge on any atom is 0.126 e. The Morgan fingerprint density at radius 1 is 1.21 bits per heavy atom. The molecule has 4 nitrogen and oxygen atoms in total. The first kappa shape index (κ1) is 12.2. The molecule has 2 heterocycles. The lowest BCUT2D eigenvalue weighted by Gasteiger charge is -2.21. The molecule has 0 radical (unpaired) electrons. The fourth-order valence-electron chi connectivity index (χ4n) is 2.82. The van der Waals surface area contributed by atoms with Crippen LogP contribution < -0.4 is 5.73 Å². The van der Waals surface area contributed by atoms with Crippen molar-refractivity contribution in [2.24, 2.45) is 0 Å². The Kier molecular flexibility index (Phi) is 3.49. The zero-order valence-electron chi connectivity index (χ0n) is 11.1. The molecule has 19 heavy (non-hydrogen) atoms. The lowest BCUT2D eigenvalue weighted by Crippen LogP contribution is -2.13. The summed E-state index contributed by atoms with van der Waals surface area (Å²) in [4.78, 5) is 4.12. The van der Waals surface area contributed by atoms with Crippen molar-refractivity contribution in [3.05, 3.63) is 41.9 Å². The molecule has 1 aliphatic rings. The number of nitrogens with zero attached hydrogens (tertiary/aromatic N) is 3. The third kappa shape index (κ3) is 2.78. The SMILES string of the molecule is Nc1ncccc1Cc1ccn(C2CCCCC2)n1. The summed E-state index contributed by atoms with van der Waals surface area (Å²) >= 11 is 0. The molecule has 2 aromatic rings. The summed E-state index contributed by atoms with van der Waals surface area (Å²) in [5.74, 6) is 0.606. The van der Waals surface area contributed by atoms with E-state index in [1.807, 2.05) is 12.1 Å². The molecule has 3 rings (SSSR count). The van der Waals surface area contributed by atoms with E-state index in [4.69, 9.17) is 10.8 Å². The molecule has 0 atom stereocenters. The van der Waals surface area contributed by atoms with E-state index in [0.29, 0.717) is 11.9 Å². The molecule has 1 fully saturated rings. The topological polar surface area (TPSA) is 56.7 Å². The van der Waals surface area contributed by atoms with E-state index in [2.05, 4.69) is 21.9 Å². The van der Waals surface area contributed by atoms with Gasteiger partial charge in [0.15, 0.2) is 0 Å². The number of aromatic nitrogens is 3. The van der Waals surface area contributed by atoms with Crippen molar-refractivity contribution >= 4 is 5.82 Å². The van der Waals surface area contributed by atoms with Crippen molar-refractivity contribution in [2.45, 2.75) is 44.6 Å². The Labute approximate surface area is 113 Å². The van der Waals surface area contributed by atoms with E-state index >= 15 is 0 Å². The van der Waals surface area contributed by atoms with Gasteiger partial charge >= 0.3 is 0 Å². The van der Waals surface area contributed by atoms with Crippen LogP contribution in [0.3, 0.4) is 0 Å². The third-order valence-electron chi connectivity index (χ3n) is 3.91. The number of nitrogens with two attached hydrogens (primary N) is 1. The molecule has 4 heteroatoms. The van der Waals surface area contributed by atoms with E-state index in [0.717, 1.165) is 17.7 Å². The second kappa shape index (κ2) is 5.43. The number of anilines is 1. The predicted molar refractivity (Wildman–Crippen MR) is 75.8 cm³/mol. The highest BCUT2D eigenvalue weighted by atomic mass is 15.3. The first-order valence-electron chi connectivity index (χ1n) is 7.06. The van der Waals surface area contributed by atoms with Crippen LogP contribution >= 0.6 is 0 Å². The second-order valence-corrected chi connectivity index (χ2v) is 5.30. The Balaban J connectivity index is 1.73. The maximum absolute atomic E-state index is 5.87. The summed E-state index contributed by atoms with van der Waals surface area (Å²) in [6, 6.07) is 6.63. The number of rotatable bonds is 3. The van der Waals surface area contributed by atoms with Crippen molar-refractivity contribution in [3.8, 4) is 0 Å². The van der Waals surface area contributed by atoms with Crippen LogP contribution in [0.5, 0.6) is 0 Å². The highest BCUT2D eigenvalue weighted by Crippen LogP contribution is 2.27. The molecule has 0 bridgehead atoms. The first-order chi connectivity index (χ1) is 9.33. The molecular formula is C15H20N4. The van der Waals surface area contributed by atoms with Crippen molar-refractivity contribution in [1.82, 2.24) is 14.8 Å². The van der Waals surface area contributed by atoms with Crippen molar-refractivity contribution in [3.63, 3.8) is 0 Å². The Morgan fingerprint density at radius 2 is 2.05 bits per heavy atom. The normalized spacial score (nSPS) is 16.6. The van der Waals surface area contributed by atoms with Gasteiger partial charge in [-0.05, 0) is 25.0 Å². The number of pyridine rings is 1. The van der Waals surface area contributed by atoms with Gasteiger partial charge in [-0.1, -0.05) is 25.3 Å². The van der Waals surface area contributed by atoms with Gasteiger partial charge in [0.25, 0.3) is 0 Å². The number of hydrogen-bond donors (Lipinski definition) is 1. The van der Waals surface area contributed by atoms with Gasteiger partial charge in [0.2, 0.25) is 0 Å². The lowest BCUT2D eigenvalue weighted by molar-refractivity contribution is 0.328. The molecule has 100 valence electrons. The van der Waals surface area contributed by atoms with Gasteiger partial charge in [-0.25, -0.2) is 4.98 Å². The van der Waals surface area contributed by atoms with Crippen LogP contribution in [0.1, 0.15) is 49.4 Å². The fourth-order valence-corrected chi connectivity index (χ4v) is 2.82. The fraction of sp³-hybridized carbons (Fsp3) is 0.467. The van der Waals surface area contributed by atoms with Crippen LogP contribution in [-0.4, -0.2) is 14.8 Å². The molecule has 0 amide bonds. The largest absolute Gasteiger partial charge is 0.383 e.